The second-order valence-corrected chi connectivity index (χ2v) is 6.70. The molecule has 2 aromatic rings. The molecule has 0 saturated heterocycles. The molecule has 4 rings (SSSR count). The fourth-order valence-electron chi connectivity index (χ4n) is 3.44. The molecule has 22 heavy (non-hydrogen) atoms. The van der Waals surface area contributed by atoms with Gasteiger partial charge in [-0.2, -0.15) is 0 Å². The Morgan fingerprint density at radius 1 is 1.36 bits per heavy atom. The molecule has 0 unspecified atom stereocenters. The van der Waals surface area contributed by atoms with Gasteiger partial charge in [-0.3, -0.25) is 4.79 Å². The number of aliphatic hydroxyl groups is 1. The summed E-state index contributed by atoms with van der Waals surface area (Å²) in [6.07, 6.45) is 5.36. The van der Waals surface area contributed by atoms with Crippen LogP contribution in [0.1, 0.15) is 50.3 Å². The molecule has 0 spiro atoms. The summed E-state index contributed by atoms with van der Waals surface area (Å²) in [6, 6.07) is 5.77. The number of rotatable bonds is 3. The van der Waals surface area contributed by atoms with E-state index in [1.807, 2.05) is 25.2 Å². The van der Waals surface area contributed by atoms with E-state index >= 15 is 0 Å². The SMILES string of the molecule is Cn1c(C2CC2)nc2cc(NC(=O)C3(O)CCCC3)ccc21. The van der Waals surface area contributed by atoms with Crippen molar-refractivity contribution < 1.29 is 9.90 Å². The van der Waals surface area contributed by atoms with Gasteiger partial charge < -0.3 is 15.0 Å². The first-order valence-corrected chi connectivity index (χ1v) is 8.07. The van der Waals surface area contributed by atoms with Gasteiger partial charge in [0, 0.05) is 18.7 Å². The van der Waals surface area contributed by atoms with Crippen LogP contribution in [0, 0.1) is 0 Å². The summed E-state index contributed by atoms with van der Waals surface area (Å²) in [5.74, 6) is 1.44. The Hall–Kier alpha value is -1.88. The molecule has 5 heteroatoms. The fraction of sp³-hybridized carbons (Fsp3) is 0.529. The smallest absolute Gasteiger partial charge is 0.256 e. The number of carbonyl (C=O) groups is 1. The zero-order valence-corrected chi connectivity index (χ0v) is 12.8. The van der Waals surface area contributed by atoms with Crippen molar-refractivity contribution in [1.82, 2.24) is 9.55 Å². The lowest BCUT2D eigenvalue weighted by Crippen LogP contribution is -2.40. The number of nitrogens with zero attached hydrogens (tertiary/aromatic N) is 2. The standard InChI is InChI=1S/C17H21N3O2/c1-20-14-7-6-12(10-13(14)19-15(20)11-4-5-11)18-16(21)17(22)8-2-3-9-17/h6-7,10-11,22H,2-5,8-9H2,1H3,(H,18,21). The average Bonchev–Trinajstić information content (AvgIpc) is 3.16. The average molecular weight is 299 g/mol. The van der Waals surface area contributed by atoms with E-state index in [1.54, 1.807) is 0 Å². The first-order chi connectivity index (χ1) is 10.6. The van der Waals surface area contributed by atoms with E-state index < -0.39 is 5.60 Å². The number of fused-ring (bicyclic) bond motifs is 1. The van der Waals surface area contributed by atoms with Crippen LogP contribution in [0.4, 0.5) is 5.69 Å². The summed E-state index contributed by atoms with van der Waals surface area (Å²) in [5.41, 5.74) is 1.50. The molecule has 0 atom stereocenters. The number of hydrogen-bond donors (Lipinski definition) is 2. The Kier molecular flexibility index (Phi) is 3.01. The maximum absolute atomic E-state index is 12.3. The van der Waals surface area contributed by atoms with Crippen LogP contribution in [0.3, 0.4) is 0 Å². The van der Waals surface area contributed by atoms with Gasteiger partial charge in [0.1, 0.15) is 11.4 Å². The molecule has 2 aliphatic rings. The first-order valence-electron chi connectivity index (χ1n) is 8.07. The lowest BCUT2D eigenvalue weighted by molar-refractivity contribution is -0.133. The number of hydrogen-bond acceptors (Lipinski definition) is 3. The zero-order valence-electron chi connectivity index (χ0n) is 12.8. The number of benzene rings is 1. The van der Waals surface area contributed by atoms with Gasteiger partial charge in [-0.15, -0.1) is 0 Å². The quantitative estimate of drug-likeness (QED) is 0.915. The zero-order chi connectivity index (χ0) is 15.3. The van der Waals surface area contributed by atoms with E-state index in [2.05, 4.69) is 9.88 Å². The van der Waals surface area contributed by atoms with Gasteiger partial charge in [0.05, 0.1) is 11.0 Å². The number of amides is 1. The Bertz CT molecular complexity index is 740. The number of nitrogens with one attached hydrogen (secondary N) is 1. The maximum atomic E-state index is 12.3. The molecule has 116 valence electrons. The third-order valence-corrected chi connectivity index (χ3v) is 4.97. The van der Waals surface area contributed by atoms with Gasteiger partial charge in [0.2, 0.25) is 0 Å². The molecule has 0 aliphatic heterocycles. The predicted octanol–water partition coefficient (Wildman–Crippen LogP) is 2.69. The molecule has 2 saturated carbocycles. The number of imidazole rings is 1. The largest absolute Gasteiger partial charge is 0.380 e. The van der Waals surface area contributed by atoms with Gasteiger partial charge >= 0.3 is 0 Å². The minimum absolute atomic E-state index is 0.289. The third kappa shape index (κ3) is 2.20. The first kappa shape index (κ1) is 13.8. The summed E-state index contributed by atoms with van der Waals surface area (Å²) < 4.78 is 2.14. The van der Waals surface area contributed by atoms with Crippen molar-refractivity contribution in [3.8, 4) is 0 Å². The van der Waals surface area contributed by atoms with Crippen molar-refractivity contribution in [2.45, 2.75) is 50.0 Å². The van der Waals surface area contributed by atoms with E-state index in [-0.39, 0.29) is 5.91 Å². The van der Waals surface area contributed by atoms with Crippen molar-refractivity contribution in [2.24, 2.45) is 7.05 Å². The van der Waals surface area contributed by atoms with Crippen molar-refractivity contribution >= 4 is 22.6 Å². The van der Waals surface area contributed by atoms with E-state index in [1.165, 1.54) is 12.8 Å². The van der Waals surface area contributed by atoms with E-state index in [4.69, 9.17) is 4.98 Å². The monoisotopic (exact) mass is 299 g/mol. The molecule has 1 aromatic heterocycles. The molecule has 1 heterocycles. The summed E-state index contributed by atoms with van der Waals surface area (Å²) in [5, 5.41) is 13.2. The summed E-state index contributed by atoms with van der Waals surface area (Å²) in [6.45, 7) is 0. The van der Waals surface area contributed by atoms with Gasteiger partial charge in [-0.25, -0.2) is 4.98 Å². The number of anilines is 1. The van der Waals surface area contributed by atoms with E-state index in [0.29, 0.717) is 24.4 Å². The highest BCUT2D eigenvalue weighted by Gasteiger charge is 2.38. The second-order valence-electron chi connectivity index (χ2n) is 6.70. The molecular weight excluding hydrogens is 278 g/mol. The molecule has 2 N–H and O–H groups in total. The minimum Gasteiger partial charge on any atom is -0.380 e. The molecule has 1 amide bonds. The molecule has 1 aromatic carbocycles. The second kappa shape index (κ2) is 4.81. The van der Waals surface area contributed by atoms with Crippen LogP contribution in [0.15, 0.2) is 18.2 Å². The topological polar surface area (TPSA) is 67.2 Å². The lowest BCUT2D eigenvalue weighted by atomic mass is 10.0. The minimum atomic E-state index is -1.20. The number of aryl methyl sites for hydroxylation is 1. The van der Waals surface area contributed by atoms with E-state index in [9.17, 15) is 9.90 Å². The Morgan fingerprint density at radius 3 is 2.77 bits per heavy atom. The Morgan fingerprint density at radius 2 is 2.09 bits per heavy atom. The number of aromatic nitrogens is 2. The fourth-order valence-corrected chi connectivity index (χ4v) is 3.44. The lowest BCUT2D eigenvalue weighted by Gasteiger charge is -2.20. The summed E-state index contributed by atoms with van der Waals surface area (Å²) in [4.78, 5) is 17.0. The highest BCUT2D eigenvalue weighted by atomic mass is 16.3. The maximum Gasteiger partial charge on any atom is 0.256 e. The van der Waals surface area contributed by atoms with Gasteiger partial charge in [0.15, 0.2) is 0 Å². The molecule has 0 radical (unpaired) electrons. The van der Waals surface area contributed by atoms with Gasteiger partial charge in [-0.05, 0) is 56.7 Å². The predicted molar refractivity (Wildman–Crippen MR) is 84.7 cm³/mol. The van der Waals surface area contributed by atoms with Crippen LogP contribution >= 0.6 is 0 Å². The molecule has 5 nitrogen and oxygen atoms in total. The highest BCUT2D eigenvalue weighted by Crippen LogP contribution is 2.40. The van der Waals surface area contributed by atoms with Crippen LogP contribution in [-0.2, 0) is 11.8 Å². The van der Waals surface area contributed by atoms with Crippen LogP contribution < -0.4 is 5.32 Å². The third-order valence-electron chi connectivity index (χ3n) is 4.97. The highest BCUT2D eigenvalue weighted by molar-refractivity contribution is 5.98. The van der Waals surface area contributed by atoms with Crippen LogP contribution in [-0.4, -0.2) is 26.2 Å². The van der Waals surface area contributed by atoms with Crippen molar-refractivity contribution in [2.75, 3.05) is 5.32 Å². The van der Waals surface area contributed by atoms with Crippen LogP contribution in [0.25, 0.3) is 11.0 Å². The summed E-state index contributed by atoms with van der Waals surface area (Å²) in [7, 11) is 2.04. The Balaban J connectivity index is 1.61. The molecule has 0 bridgehead atoms. The molecular formula is C17H21N3O2. The van der Waals surface area contributed by atoms with Gasteiger partial charge in [-0.1, -0.05) is 0 Å². The van der Waals surface area contributed by atoms with Crippen molar-refractivity contribution in [3.05, 3.63) is 24.0 Å². The summed E-state index contributed by atoms with van der Waals surface area (Å²) >= 11 is 0. The Labute approximate surface area is 129 Å². The van der Waals surface area contributed by atoms with Crippen molar-refractivity contribution in [1.29, 1.82) is 0 Å². The van der Waals surface area contributed by atoms with Crippen LogP contribution in [0.2, 0.25) is 0 Å². The van der Waals surface area contributed by atoms with Gasteiger partial charge in [0.25, 0.3) is 5.91 Å². The normalized spacial score (nSPS) is 20.5. The molecule has 2 aliphatic carbocycles. The van der Waals surface area contributed by atoms with Crippen molar-refractivity contribution in [3.63, 3.8) is 0 Å². The van der Waals surface area contributed by atoms with E-state index in [0.717, 1.165) is 29.7 Å². The van der Waals surface area contributed by atoms with Crippen LogP contribution in [0.5, 0.6) is 0 Å². The number of carbonyl (C=O) groups excluding carboxylic acids is 1. The molecule has 2 fully saturated rings.